The van der Waals surface area contributed by atoms with Crippen LogP contribution in [0.15, 0.2) is 42.5 Å². The largest absolute Gasteiger partial charge is 0.493 e. The average Bonchev–Trinajstić information content (AvgIpc) is 2.61. The summed E-state index contributed by atoms with van der Waals surface area (Å²) in [7, 11) is 0. The molecule has 0 radical (unpaired) electrons. The van der Waals surface area contributed by atoms with Gasteiger partial charge in [-0.1, -0.05) is 0 Å². The average molecular weight is 336 g/mol. The van der Waals surface area contributed by atoms with E-state index in [4.69, 9.17) is 15.1 Å². The number of nitrogens with zero attached hydrogens (tertiary/aromatic N) is 1. The van der Waals surface area contributed by atoms with Gasteiger partial charge >= 0.3 is 5.97 Å². The molecule has 2 aromatic carbocycles. The van der Waals surface area contributed by atoms with Crippen molar-refractivity contribution in [3.05, 3.63) is 59.2 Å². The smallest absolute Gasteiger partial charge is 0.303 e. The second-order valence-electron chi connectivity index (χ2n) is 5.94. The van der Waals surface area contributed by atoms with Gasteiger partial charge in [0.05, 0.1) is 24.7 Å². The van der Waals surface area contributed by atoms with Crippen LogP contribution in [0.2, 0.25) is 0 Å². The van der Waals surface area contributed by atoms with Crippen molar-refractivity contribution >= 4 is 17.6 Å². The van der Waals surface area contributed by atoms with Crippen LogP contribution in [-0.2, 0) is 11.2 Å². The second-order valence-corrected chi connectivity index (χ2v) is 5.94. The van der Waals surface area contributed by atoms with Crippen LogP contribution in [0, 0.1) is 17.2 Å². The zero-order valence-electron chi connectivity index (χ0n) is 13.4. The molecule has 1 heterocycles. The Balaban J connectivity index is 1.72. The third kappa shape index (κ3) is 3.96. The van der Waals surface area contributed by atoms with Gasteiger partial charge in [0.2, 0.25) is 0 Å². The lowest BCUT2D eigenvalue weighted by Crippen LogP contribution is -2.23. The number of carboxylic acids is 1. The summed E-state index contributed by atoms with van der Waals surface area (Å²) in [6, 6.07) is 13.7. The Bertz CT molecular complexity index is 853. The van der Waals surface area contributed by atoms with Gasteiger partial charge in [0, 0.05) is 17.2 Å². The number of hydrogen-bond donors (Lipinski definition) is 2. The van der Waals surface area contributed by atoms with E-state index in [0.717, 1.165) is 11.3 Å². The zero-order valence-corrected chi connectivity index (χ0v) is 13.4. The third-order valence-corrected chi connectivity index (χ3v) is 4.04. The zero-order chi connectivity index (χ0) is 17.8. The first-order chi connectivity index (χ1) is 12.0. The SMILES string of the molecule is N#Cc1ccc(C(=O)Nc2ccc3c(c2)CC(CC(=O)O)CO3)cc1. The first kappa shape index (κ1) is 16.5. The van der Waals surface area contributed by atoms with Crippen LogP contribution >= 0.6 is 0 Å². The lowest BCUT2D eigenvalue weighted by Gasteiger charge is -2.24. The molecule has 0 saturated heterocycles. The molecule has 0 aliphatic carbocycles. The van der Waals surface area contributed by atoms with Crippen molar-refractivity contribution in [3.63, 3.8) is 0 Å². The normalized spacial score (nSPS) is 15.4. The van der Waals surface area contributed by atoms with Gasteiger partial charge in [0.1, 0.15) is 5.75 Å². The number of carbonyl (C=O) groups is 2. The van der Waals surface area contributed by atoms with Gasteiger partial charge in [-0.3, -0.25) is 9.59 Å². The Morgan fingerprint density at radius 3 is 2.68 bits per heavy atom. The molecule has 0 aromatic heterocycles. The highest BCUT2D eigenvalue weighted by Crippen LogP contribution is 2.31. The molecule has 25 heavy (non-hydrogen) atoms. The molecule has 1 unspecified atom stereocenters. The van der Waals surface area contributed by atoms with Crippen LogP contribution in [0.4, 0.5) is 5.69 Å². The molecule has 126 valence electrons. The molecule has 0 saturated carbocycles. The first-order valence-electron chi connectivity index (χ1n) is 7.84. The van der Waals surface area contributed by atoms with Gasteiger partial charge in [-0.05, 0) is 54.4 Å². The maximum absolute atomic E-state index is 12.3. The monoisotopic (exact) mass is 336 g/mol. The highest BCUT2D eigenvalue weighted by Gasteiger charge is 2.22. The predicted octanol–water partition coefficient (Wildman–Crippen LogP) is 2.84. The number of rotatable bonds is 4. The Morgan fingerprint density at radius 2 is 2.00 bits per heavy atom. The van der Waals surface area contributed by atoms with Crippen LogP contribution in [0.25, 0.3) is 0 Å². The fraction of sp³-hybridized carbons (Fsp3) is 0.211. The fourth-order valence-corrected chi connectivity index (χ4v) is 2.81. The number of benzene rings is 2. The summed E-state index contributed by atoms with van der Waals surface area (Å²) in [6.07, 6.45) is 0.656. The van der Waals surface area contributed by atoms with Gasteiger partial charge in [-0.25, -0.2) is 0 Å². The van der Waals surface area contributed by atoms with E-state index in [1.54, 1.807) is 36.4 Å². The van der Waals surface area contributed by atoms with Gasteiger partial charge in [0.15, 0.2) is 0 Å². The van der Waals surface area contributed by atoms with E-state index in [-0.39, 0.29) is 18.2 Å². The number of anilines is 1. The highest BCUT2D eigenvalue weighted by molar-refractivity contribution is 6.04. The van der Waals surface area contributed by atoms with Crippen molar-refractivity contribution < 1.29 is 19.4 Å². The summed E-state index contributed by atoms with van der Waals surface area (Å²) in [5.41, 5.74) is 2.45. The van der Waals surface area contributed by atoms with Gasteiger partial charge in [-0.2, -0.15) is 5.26 Å². The van der Waals surface area contributed by atoms with Gasteiger partial charge < -0.3 is 15.2 Å². The van der Waals surface area contributed by atoms with Crippen molar-refractivity contribution in [2.75, 3.05) is 11.9 Å². The summed E-state index contributed by atoms with van der Waals surface area (Å²) in [4.78, 5) is 23.2. The van der Waals surface area contributed by atoms with Gasteiger partial charge in [-0.15, -0.1) is 0 Å². The number of aliphatic carboxylic acids is 1. The number of carbonyl (C=O) groups excluding carboxylic acids is 1. The van der Waals surface area contributed by atoms with E-state index < -0.39 is 5.97 Å². The van der Waals surface area contributed by atoms with Gasteiger partial charge in [0.25, 0.3) is 5.91 Å². The lowest BCUT2D eigenvalue weighted by atomic mass is 9.94. The maximum Gasteiger partial charge on any atom is 0.303 e. The number of nitrogens with one attached hydrogen (secondary N) is 1. The standard InChI is InChI=1S/C19H16N2O4/c20-10-12-1-3-14(4-2-12)19(24)21-16-5-6-17-15(9-16)7-13(11-25-17)8-18(22)23/h1-6,9,13H,7-8,11H2,(H,21,24)(H,22,23). The van der Waals surface area contributed by atoms with E-state index in [0.29, 0.717) is 29.8 Å². The maximum atomic E-state index is 12.3. The number of fused-ring (bicyclic) bond motifs is 1. The molecule has 1 atom stereocenters. The predicted molar refractivity (Wildman–Crippen MR) is 90.5 cm³/mol. The molecule has 1 amide bonds. The molecular formula is C19H16N2O4. The van der Waals surface area contributed by atoms with Crippen LogP contribution in [0.3, 0.4) is 0 Å². The summed E-state index contributed by atoms with van der Waals surface area (Å²) in [5, 5.41) is 20.5. The third-order valence-electron chi connectivity index (χ3n) is 4.04. The molecule has 2 aromatic rings. The van der Waals surface area contributed by atoms with Crippen LogP contribution in [0.5, 0.6) is 5.75 Å². The van der Waals surface area contributed by atoms with E-state index in [1.807, 2.05) is 12.1 Å². The highest BCUT2D eigenvalue weighted by atomic mass is 16.5. The number of ether oxygens (including phenoxy) is 1. The Labute approximate surface area is 144 Å². The summed E-state index contributed by atoms with van der Waals surface area (Å²) >= 11 is 0. The topological polar surface area (TPSA) is 99.4 Å². The van der Waals surface area contributed by atoms with E-state index >= 15 is 0 Å². The van der Waals surface area contributed by atoms with Crippen molar-refractivity contribution in [1.82, 2.24) is 0 Å². The molecule has 3 rings (SSSR count). The first-order valence-corrected chi connectivity index (χ1v) is 7.84. The van der Waals surface area contributed by atoms with E-state index in [1.165, 1.54) is 0 Å². The Morgan fingerprint density at radius 1 is 1.24 bits per heavy atom. The number of nitriles is 1. The molecule has 1 aliphatic heterocycles. The number of carboxylic acid groups (broad SMARTS) is 1. The molecule has 0 bridgehead atoms. The van der Waals surface area contributed by atoms with Crippen molar-refractivity contribution in [2.45, 2.75) is 12.8 Å². The van der Waals surface area contributed by atoms with Crippen LogP contribution < -0.4 is 10.1 Å². The molecule has 0 fully saturated rings. The van der Waals surface area contributed by atoms with Crippen LogP contribution in [-0.4, -0.2) is 23.6 Å². The minimum Gasteiger partial charge on any atom is -0.493 e. The minimum absolute atomic E-state index is 0.0568. The molecule has 1 aliphatic rings. The quantitative estimate of drug-likeness (QED) is 0.894. The second kappa shape index (κ2) is 7.05. The van der Waals surface area contributed by atoms with Crippen LogP contribution in [0.1, 0.15) is 27.9 Å². The lowest BCUT2D eigenvalue weighted by molar-refractivity contribution is -0.138. The molecule has 6 heteroatoms. The summed E-state index contributed by atoms with van der Waals surface area (Å²) in [5.74, 6) is -0.474. The molecule has 0 spiro atoms. The number of hydrogen-bond acceptors (Lipinski definition) is 4. The molecule has 6 nitrogen and oxygen atoms in total. The minimum atomic E-state index is -0.845. The number of amides is 1. The summed E-state index contributed by atoms with van der Waals surface area (Å²) < 4.78 is 5.60. The molecule has 2 N–H and O–H groups in total. The Hall–Kier alpha value is -3.33. The van der Waals surface area contributed by atoms with E-state index in [9.17, 15) is 9.59 Å². The van der Waals surface area contributed by atoms with Crippen molar-refractivity contribution in [3.8, 4) is 11.8 Å². The Kier molecular flexibility index (Phi) is 4.66. The van der Waals surface area contributed by atoms with Crippen molar-refractivity contribution in [1.29, 1.82) is 5.26 Å². The van der Waals surface area contributed by atoms with E-state index in [2.05, 4.69) is 5.32 Å². The fourth-order valence-electron chi connectivity index (χ4n) is 2.81. The van der Waals surface area contributed by atoms with Crippen molar-refractivity contribution in [2.24, 2.45) is 5.92 Å². The molecular weight excluding hydrogens is 320 g/mol. The summed E-state index contributed by atoms with van der Waals surface area (Å²) in [6.45, 7) is 0.385.